The Morgan fingerprint density at radius 3 is 2.26 bits per heavy atom. The molecule has 0 radical (unpaired) electrons. The van der Waals surface area contributed by atoms with Gasteiger partial charge in [0.2, 0.25) is 0 Å². The van der Waals surface area contributed by atoms with E-state index >= 15 is 0 Å². The Balaban J connectivity index is 0.000000253. The maximum Gasteiger partial charge on any atom is 0.407 e. The Kier molecular flexibility index (Phi) is 7.03. The van der Waals surface area contributed by atoms with Crippen LogP contribution >= 0.6 is 0 Å². The molecule has 128 valence electrons. The molecule has 2 fully saturated rings. The van der Waals surface area contributed by atoms with E-state index in [4.69, 9.17) is 10.3 Å². The summed E-state index contributed by atoms with van der Waals surface area (Å²) in [7, 11) is 0. The molecule has 8 nitrogen and oxygen atoms in total. The molecule has 2 rings (SSSR count). The molecule has 0 aromatic carbocycles. The number of ketones is 2. The van der Waals surface area contributed by atoms with E-state index in [9.17, 15) is 14.4 Å². The van der Waals surface area contributed by atoms with Crippen molar-refractivity contribution in [1.82, 2.24) is 5.32 Å². The Morgan fingerprint density at radius 1 is 1.22 bits per heavy atom. The van der Waals surface area contributed by atoms with Crippen LogP contribution in [0.4, 0.5) is 4.79 Å². The molecule has 0 heterocycles. The number of ether oxygens (including phenoxy) is 1. The third-order valence-electron chi connectivity index (χ3n) is 3.39. The first-order valence-corrected chi connectivity index (χ1v) is 7.76. The standard InChI is InChI=1S/C10H17NO3.C5H7N3O/c1-10(2,3)11-9(13)14-8-5-4-7(12)6-8;6-8-7-4-1-2-5(9)3-4/h8H,4-6H2,1-3H3,(H,11,13);4H,1-3H2. The first-order valence-electron chi connectivity index (χ1n) is 7.76. The molecule has 1 amide bonds. The molecule has 23 heavy (non-hydrogen) atoms. The number of carbonyl (C=O) groups excluding carboxylic acids is 3. The van der Waals surface area contributed by atoms with E-state index in [0.717, 1.165) is 6.42 Å². The number of alkyl carbamates (subject to hydrolysis) is 1. The summed E-state index contributed by atoms with van der Waals surface area (Å²) in [6, 6.07) is -0.0532. The minimum atomic E-state index is -0.433. The van der Waals surface area contributed by atoms with E-state index in [2.05, 4.69) is 15.3 Å². The van der Waals surface area contributed by atoms with Crippen LogP contribution in [0.3, 0.4) is 0 Å². The van der Waals surface area contributed by atoms with Gasteiger partial charge in [-0.05, 0) is 39.1 Å². The molecule has 2 saturated carbocycles. The molecule has 0 aromatic rings. The molecule has 2 aliphatic carbocycles. The first kappa shape index (κ1) is 19.0. The maximum absolute atomic E-state index is 11.3. The molecule has 2 aliphatic rings. The monoisotopic (exact) mass is 324 g/mol. The second-order valence-corrected chi connectivity index (χ2v) is 6.82. The van der Waals surface area contributed by atoms with E-state index in [1.807, 2.05) is 20.8 Å². The topological polar surface area (TPSA) is 121 Å². The number of azide groups is 1. The van der Waals surface area contributed by atoms with Crippen LogP contribution in [-0.4, -0.2) is 35.3 Å². The molecule has 2 atom stereocenters. The van der Waals surface area contributed by atoms with Crippen LogP contribution in [-0.2, 0) is 14.3 Å². The predicted octanol–water partition coefficient (Wildman–Crippen LogP) is 3.05. The summed E-state index contributed by atoms with van der Waals surface area (Å²) in [5, 5.41) is 6.12. The van der Waals surface area contributed by atoms with Crippen LogP contribution in [0, 0.1) is 0 Å². The second-order valence-electron chi connectivity index (χ2n) is 6.82. The molecule has 2 unspecified atom stereocenters. The molecular formula is C15H24N4O4. The van der Waals surface area contributed by atoms with Gasteiger partial charge in [0.05, 0.1) is 0 Å². The second kappa shape index (κ2) is 8.53. The predicted molar refractivity (Wildman–Crippen MR) is 83.8 cm³/mol. The van der Waals surface area contributed by atoms with Gasteiger partial charge in [0.25, 0.3) is 0 Å². The molecule has 0 saturated heterocycles. The Hall–Kier alpha value is -2.08. The number of Topliss-reactive ketones (excluding diaryl/α,β-unsaturated/α-hetero) is 2. The maximum atomic E-state index is 11.3. The number of hydrogen-bond acceptors (Lipinski definition) is 5. The molecule has 8 heteroatoms. The van der Waals surface area contributed by atoms with Gasteiger partial charge in [0, 0.05) is 42.2 Å². The van der Waals surface area contributed by atoms with Gasteiger partial charge in [0.1, 0.15) is 17.7 Å². The van der Waals surface area contributed by atoms with Crippen molar-refractivity contribution in [1.29, 1.82) is 0 Å². The van der Waals surface area contributed by atoms with E-state index < -0.39 is 6.09 Å². The number of rotatable bonds is 2. The fraction of sp³-hybridized carbons (Fsp3) is 0.800. The van der Waals surface area contributed by atoms with Crippen molar-refractivity contribution < 1.29 is 19.1 Å². The van der Waals surface area contributed by atoms with E-state index in [1.54, 1.807) is 0 Å². The zero-order valence-electron chi connectivity index (χ0n) is 13.9. The van der Waals surface area contributed by atoms with E-state index in [0.29, 0.717) is 32.1 Å². The lowest BCUT2D eigenvalue weighted by Gasteiger charge is -2.21. The summed E-state index contributed by atoms with van der Waals surface area (Å²) in [6.45, 7) is 5.65. The molecule has 0 bridgehead atoms. The van der Waals surface area contributed by atoms with Crippen molar-refractivity contribution in [2.24, 2.45) is 5.11 Å². The lowest BCUT2D eigenvalue weighted by atomic mass is 10.1. The fourth-order valence-electron chi connectivity index (χ4n) is 2.33. The minimum Gasteiger partial charge on any atom is -0.446 e. The average molecular weight is 324 g/mol. The Bertz CT molecular complexity index is 506. The first-order chi connectivity index (χ1) is 10.7. The summed E-state index contributed by atoms with van der Waals surface area (Å²) in [5.41, 5.74) is 7.67. The molecule has 0 aromatic heterocycles. The quantitative estimate of drug-likeness (QED) is 0.476. The van der Waals surface area contributed by atoms with Gasteiger partial charge in [0.15, 0.2) is 0 Å². The lowest BCUT2D eigenvalue weighted by molar-refractivity contribution is -0.118. The van der Waals surface area contributed by atoms with E-state index in [-0.39, 0.29) is 29.3 Å². The highest BCUT2D eigenvalue weighted by atomic mass is 16.6. The van der Waals surface area contributed by atoms with Crippen LogP contribution in [0.2, 0.25) is 0 Å². The molecule has 0 aliphatic heterocycles. The van der Waals surface area contributed by atoms with Crippen LogP contribution < -0.4 is 5.32 Å². The highest BCUT2D eigenvalue weighted by molar-refractivity contribution is 5.82. The van der Waals surface area contributed by atoms with Gasteiger partial charge in [-0.15, -0.1) is 0 Å². The molecular weight excluding hydrogens is 300 g/mol. The molecule has 1 N–H and O–H groups in total. The van der Waals surface area contributed by atoms with Crippen molar-refractivity contribution in [2.75, 3.05) is 0 Å². The summed E-state index contributed by atoms with van der Waals surface area (Å²) in [5.74, 6) is 0.394. The van der Waals surface area contributed by atoms with Crippen LogP contribution in [0.5, 0.6) is 0 Å². The largest absolute Gasteiger partial charge is 0.446 e. The van der Waals surface area contributed by atoms with Crippen molar-refractivity contribution in [3.05, 3.63) is 10.4 Å². The number of nitrogens with one attached hydrogen (secondary N) is 1. The van der Waals surface area contributed by atoms with Crippen molar-refractivity contribution in [2.45, 2.75) is 77.0 Å². The molecule has 0 spiro atoms. The Morgan fingerprint density at radius 2 is 1.83 bits per heavy atom. The Labute approximate surface area is 135 Å². The highest BCUT2D eigenvalue weighted by Crippen LogP contribution is 2.18. The van der Waals surface area contributed by atoms with Gasteiger partial charge in [-0.25, -0.2) is 4.79 Å². The number of nitrogens with zero attached hydrogens (tertiary/aromatic N) is 3. The lowest BCUT2D eigenvalue weighted by Crippen LogP contribution is -2.42. The van der Waals surface area contributed by atoms with E-state index in [1.165, 1.54) is 0 Å². The van der Waals surface area contributed by atoms with Crippen LogP contribution in [0.25, 0.3) is 10.4 Å². The van der Waals surface area contributed by atoms with Crippen molar-refractivity contribution in [3.8, 4) is 0 Å². The van der Waals surface area contributed by atoms with Gasteiger partial charge in [-0.1, -0.05) is 5.11 Å². The van der Waals surface area contributed by atoms with Crippen LogP contribution in [0.15, 0.2) is 5.11 Å². The number of hydrogen-bond donors (Lipinski definition) is 1. The smallest absolute Gasteiger partial charge is 0.407 e. The third kappa shape index (κ3) is 8.21. The highest BCUT2D eigenvalue weighted by Gasteiger charge is 2.26. The number of carbonyl (C=O) groups is 3. The minimum absolute atomic E-state index is 0.0532. The van der Waals surface area contributed by atoms with Gasteiger partial charge < -0.3 is 10.1 Å². The summed E-state index contributed by atoms with van der Waals surface area (Å²) in [6.07, 6.45) is 2.69. The van der Waals surface area contributed by atoms with Gasteiger partial charge >= 0.3 is 6.09 Å². The van der Waals surface area contributed by atoms with Crippen LogP contribution in [0.1, 0.15) is 59.3 Å². The van der Waals surface area contributed by atoms with Crippen molar-refractivity contribution >= 4 is 17.7 Å². The summed E-state index contributed by atoms with van der Waals surface area (Å²) < 4.78 is 5.09. The fourth-order valence-corrected chi connectivity index (χ4v) is 2.33. The summed E-state index contributed by atoms with van der Waals surface area (Å²) in [4.78, 5) is 35.4. The third-order valence-corrected chi connectivity index (χ3v) is 3.39. The van der Waals surface area contributed by atoms with Crippen molar-refractivity contribution in [3.63, 3.8) is 0 Å². The average Bonchev–Trinajstić information content (AvgIpc) is 2.97. The summed E-state index contributed by atoms with van der Waals surface area (Å²) >= 11 is 0. The number of amides is 1. The normalized spacial score (nSPS) is 23.6. The zero-order chi connectivity index (χ0) is 17.5. The van der Waals surface area contributed by atoms with Gasteiger partial charge in [-0.3, -0.25) is 9.59 Å². The van der Waals surface area contributed by atoms with Gasteiger partial charge in [-0.2, -0.15) is 0 Å². The SMILES string of the molecule is CC(C)(C)NC(=O)OC1CCC(=O)C1.[N-]=[N+]=NC1CCC(=O)C1. The zero-order valence-corrected chi connectivity index (χ0v) is 13.9.